The third-order valence-electron chi connectivity index (χ3n) is 3.15. The molecule has 5 heteroatoms. The molecular formula is C13H15N3OS. The van der Waals surface area contributed by atoms with Crippen LogP contribution in [-0.2, 0) is 0 Å². The number of benzene rings is 1. The molecule has 18 heavy (non-hydrogen) atoms. The van der Waals surface area contributed by atoms with Crippen LogP contribution in [0.5, 0.6) is 5.75 Å². The van der Waals surface area contributed by atoms with Gasteiger partial charge in [-0.2, -0.15) is 0 Å². The van der Waals surface area contributed by atoms with Gasteiger partial charge in [0.2, 0.25) is 0 Å². The molecule has 0 atom stereocenters. The van der Waals surface area contributed by atoms with Gasteiger partial charge in [-0.25, -0.2) is 4.98 Å². The van der Waals surface area contributed by atoms with Gasteiger partial charge in [0.25, 0.3) is 0 Å². The normalized spacial score (nSPS) is 15.7. The van der Waals surface area contributed by atoms with E-state index in [1.807, 2.05) is 6.07 Å². The van der Waals surface area contributed by atoms with Crippen molar-refractivity contribution >= 4 is 32.3 Å². The van der Waals surface area contributed by atoms with Crippen molar-refractivity contribution in [2.45, 2.75) is 6.42 Å². The summed E-state index contributed by atoms with van der Waals surface area (Å²) in [6.45, 7) is 1.95. The Labute approximate surface area is 109 Å². The quantitative estimate of drug-likeness (QED) is 0.870. The summed E-state index contributed by atoms with van der Waals surface area (Å²) < 4.78 is 6.46. The molecular weight excluding hydrogens is 246 g/mol. The van der Waals surface area contributed by atoms with E-state index in [-0.39, 0.29) is 0 Å². The van der Waals surface area contributed by atoms with E-state index in [0.717, 1.165) is 35.5 Å². The highest BCUT2D eigenvalue weighted by molar-refractivity contribution is 7.22. The van der Waals surface area contributed by atoms with E-state index in [1.165, 1.54) is 22.5 Å². The summed E-state index contributed by atoms with van der Waals surface area (Å²) in [4.78, 5) is 4.37. The second kappa shape index (κ2) is 4.59. The highest BCUT2D eigenvalue weighted by Crippen LogP contribution is 2.37. The fourth-order valence-corrected chi connectivity index (χ4v) is 3.18. The van der Waals surface area contributed by atoms with E-state index in [0.29, 0.717) is 5.13 Å². The van der Waals surface area contributed by atoms with Crippen molar-refractivity contribution in [2.75, 3.05) is 25.9 Å². The molecule has 4 nitrogen and oxygen atoms in total. The summed E-state index contributed by atoms with van der Waals surface area (Å²) in [6.07, 6.45) is 3.28. The summed E-state index contributed by atoms with van der Waals surface area (Å²) in [6, 6.07) is 4.08. The summed E-state index contributed by atoms with van der Waals surface area (Å²) in [5, 5.41) is 3.91. The average Bonchev–Trinajstić information content (AvgIpc) is 2.80. The lowest BCUT2D eigenvalue weighted by Crippen LogP contribution is -2.20. The molecule has 1 aromatic heterocycles. The number of ether oxygens (including phenoxy) is 1. The lowest BCUT2D eigenvalue weighted by molar-refractivity contribution is 0.419. The number of nitrogens with one attached hydrogen (secondary N) is 1. The second-order valence-electron chi connectivity index (χ2n) is 4.23. The molecule has 0 spiro atoms. The molecule has 0 unspecified atom stereocenters. The number of anilines is 1. The number of fused-ring (bicyclic) bond motifs is 1. The van der Waals surface area contributed by atoms with Crippen LogP contribution in [-0.4, -0.2) is 25.2 Å². The Hall–Kier alpha value is -1.59. The van der Waals surface area contributed by atoms with Gasteiger partial charge in [-0.3, -0.25) is 0 Å². The second-order valence-corrected chi connectivity index (χ2v) is 5.26. The molecule has 2 aromatic rings. The van der Waals surface area contributed by atoms with Crippen LogP contribution >= 0.6 is 11.3 Å². The molecule has 3 N–H and O–H groups in total. The molecule has 1 aliphatic rings. The van der Waals surface area contributed by atoms with Crippen molar-refractivity contribution in [2.24, 2.45) is 0 Å². The zero-order chi connectivity index (χ0) is 12.5. The van der Waals surface area contributed by atoms with Crippen LogP contribution in [0.1, 0.15) is 12.0 Å². The number of nitrogens with zero attached hydrogens (tertiary/aromatic N) is 1. The minimum Gasteiger partial charge on any atom is -0.494 e. The minimum atomic E-state index is 0.588. The standard InChI is InChI=1S/C13H15N3OS/c1-17-10-3-2-9(8-4-6-15-7-5-8)12-11(10)16-13(14)18-12/h2-4,15H,5-7H2,1H3,(H2,14,16). The molecule has 0 fully saturated rings. The molecule has 2 heterocycles. The predicted molar refractivity (Wildman–Crippen MR) is 76.0 cm³/mol. The van der Waals surface area contributed by atoms with Crippen molar-refractivity contribution in [3.63, 3.8) is 0 Å². The van der Waals surface area contributed by atoms with Gasteiger partial charge in [0.05, 0.1) is 11.8 Å². The largest absolute Gasteiger partial charge is 0.494 e. The van der Waals surface area contributed by atoms with Gasteiger partial charge in [-0.15, -0.1) is 0 Å². The molecule has 94 valence electrons. The molecule has 0 saturated heterocycles. The predicted octanol–water partition coefficient (Wildman–Crippen LogP) is 2.26. The van der Waals surface area contributed by atoms with Crippen molar-refractivity contribution < 1.29 is 4.74 Å². The van der Waals surface area contributed by atoms with Gasteiger partial charge in [0, 0.05) is 6.54 Å². The number of nitrogen functional groups attached to an aromatic ring is 1. The van der Waals surface area contributed by atoms with Crippen LogP contribution in [0.25, 0.3) is 15.8 Å². The summed E-state index contributed by atoms with van der Waals surface area (Å²) >= 11 is 1.53. The fraction of sp³-hybridized carbons (Fsp3) is 0.308. The van der Waals surface area contributed by atoms with Gasteiger partial charge < -0.3 is 15.8 Å². The summed E-state index contributed by atoms with van der Waals surface area (Å²) in [5.41, 5.74) is 9.31. The monoisotopic (exact) mass is 261 g/mol. The maximum atomic E-state index is 5.83. The number of aromatic nitrogens is 1. The van der Waals surface area contributed by atoms with Crippen LogP contribution in [0.3, 0.4) is 0 Å². The first-order chi connectivity index (χ1) is 8.79. The topological polar surface area (TPSA) is 60.2 Å². The van der Waals surface area contributed by atoms with Gasteiger partial charge in [-0.1, -0.05) is 17.4 Å². The number of hydrogen-bond acceptors (Lipinski definition) is 5. The van der Waals surface area contributed by atoms with Gasteiger partial charge in [0.15, 0.2) is 5.13 Å². The SMILES string of the molecule is COc1ccc(C2=CCNCC2)c2sc(N)nc12. The number of hydrogen-bond donors (Lipinski definition) is 2. The maximum absolute atomic E-state index is 5.83. The lowest BCUT2D eigenvalue weighted by Gasteiger charge is -2.15. The average molecular weight is 261 g/mol. The van der Waals surface area contributed by atoms with Crippen molar-refractivity contribution in [3.05, 3.63) is 23.8 Å². The Bertz CT molecular complexity index is 618. The first-order valence-electron chi connectivity index (χ1n) is 5.92. The Balaban J connectivity index is 2.21. The van der Waals surface area contributed by atoms with Gasteiger partial charge in [-0.05, 0) is 36.2 Å². The zero-order valence-corrected chi connectivity index (χ0v) is 11.0. The van der Waals surface area contributed by atoms with Crippen molar-refractivity contribution in [1.29, 1.82) is 0 Å². The molecule has 0 bridgehead atoms. The smallest absolute Gasteiger partial charge is 0.181 e. The zero-order valence-electron chi connectivity index (χ0n) is 10.2. The van der Waals surface area contributed by atoms with E-state index in [2.05, 4.69) is 22.4 Å². The van der Waals surface area contributed by atoms with E-state index in [9.17, 15) is 0 Å². The molecule has 1 aliphatic heterocycles. The van der Waals surface area contributed by atoms with Crippen molar-refractivity contribution in [3.8, 4) is 5.75 Å². The number of rotatable bonds is 2. The Morgan fingerprint density at radius 2 is 2.33 bits per heavy atom. The minimum absolute atomic E-state index is 0.588. The first kappa shape index (κ1) is 11.5. The third kappa shape index (κ3) is 1.85. The summed E-state index contributed by atoms with van der Waals surface area (Å²) in [7, 11) is 1.66. The third-order valence-corrected chi connectivity index (χ3v) is 4.07. The van der Waals surface area contributed by atoms with E-state index < -0.39 is 0 Å². The van der Waals surface area contributed by atoms with E-state index in [1.54, 1.807) is 7.11 Å². The van der Waals surface area contributed by atoms with Crippen LogP contribution in [0.2, 0.25) is 0 Å². The molecule has 0 amide bonds. The molecule has 1 aromatic carbocycles. The van der Waals surface area contributed by atoms with Crippen LogP contribution in [0.4, 0.5) is 5.13 Å². The number of thiazole rings is 1. The van der Waals surface area contributed by atoms with Gasteiger partial charge >= 0.3 is 0 Å². The highest BCUT2D eigenvalue weighted by Gasteiger charge is 2.15. The Kier molecular flexibility index (Phi) is 2.93. The summed E-state index contributed by atoms with van der Waals surface area (Å²) in [5.74, 6) is 0.788. The van der Waals surface area contributed by atoms with E-state index >= 15 is 0 Å². The Morgan fingerprint density at radius 1 is 1.44 bits per heavy atom. The number of methoxy groups -OCH3 is 1. The van der Waals surface area contributed by atoms with Gasteiger partial charge in [0.1, 0.15) is 11.3 Å². The van der Waals surface area contributed by atoms with Crippen LogP contribution < -0.4 is 15.8 Å². The van der Waals surface area contributed by atoms with Crippen LogP contribution in [0, 0.1) is 0 Å². The Morgan fingerprint density at radius 3 is 3.06 bits per heavy atom. The molecule has 0 saturated carbocycles. The maximum Gasteiger partial charge on any atom is 0.181 e. The van der Waals surface area contributed by atoms with Crippen molar-refractivity contribution in [1.82, 2.24) is 10.3 Å². The highest BCUT2D eigenvalue weighted by atomic mass is 32.1. The molecule has 3 rings (SSSR count). The first-order valence-corrected chi connectivity index (χ1v) is 6.74. The fourth-order valence-electron chi connectivity index (χ4n) is 2.28. The number of nitrogens with two attached hydrogens (primary N) is 1. The lowest BCUT2D eigenvalue weighted by atomic mass is 10.00. The molecule has 0 radical (unpaired) electrons. The van der Waals surface area contributed by atoms with E-state index in [4.69, 9.17) is 10.5 Å². The molecule has 0 aliphatic carbocycles. The van der Waals surface area contributed by atoms with Crippen LogP contribution in [0.15, 0.2) is 18.2 Å².